The molecule has 8 aromatic heterocycles. The molecule has 0 amide bonds. The van der Waals surface area contributed by atoms with Crippen molar-refractivity contribution in [3.05, 3.63) is 408 Å². The van der Waals surface area contributed by atoms with Gasteiger partial charge >= 0.3 is 0 Å². The van der Waals surface area contributed by atoms with Crippen LogP contribution in [0.5, 0.6) is 0 Å². The van der Waals surface area contributed by atoms with Gasteiger partial charge in [-0.1, -0.05) is 293 Å². The van der Waals surface area contributed by atoms with Crippen LogP contribution >= 0.6 is 0 Å². The number of nitrogens with zero attached hydrogens (tertiary/aromatic N) is 8. The Morgan fingerprint density at radius 2 is 0.553 bits per heavy atom. The average molecular weight is 2640 g/mol. The first-order valence-corrected chi connectivity index (χ1v) is 62.4. The van der Waals surface area contributed by atoms with Crippen LogP contribution in [0.3, 0.4) is 0 Å². The Hall–Kier alpha value is -9.58. The minimum absolute atomic E-state index is 0. The molecule has 16 heteroatoms. The third-order valence-electron chi connectivity index (χ3n) is 23.4. The summed E-state index contributed by atoms with van der Waals surface area (Å²) >= 11 is 0. The maximum Gasteiger partial charge on any atom is 0.0799 e. The summed E-state index contributed by atoms with van der Waals surface area (Å²) in [7, 11) is -5.55. The first-order valence-electron chi connectivity index (χ1n) is 48.4. The van der Waals surface area contributed by atoms with Gasteiger partial charge < -0.3 is 39.9 Å². The van der Waals surface area contributed by atoms with Gasteiger partial charge in [0.05, 0.1) is 32.3 Å². The Bertz CT molecular complexity index is 5900. The van der Waals surface area contributed by atoms with Crippen LogP contribution in [0.25, 0.3) is 90.1 Å². The van der Waals surface area contributed by atoms with E-state index in [4.69, 9.17) is 19.9 Å². The van der Waals surface area contributed by atoms with Crippen LogP contribution in [0.15, 0.2) is 292 Å². The van der Waals surface area contributed by atoms with E-state index in [-0.39, 0.29) is 85.8 Å². The van der Waals surface area contributed by atoms with E-state index in [2.05, 4.69) is 369 Å². The van der Waals surface area contributed by atoms with Gasteiger partial charge in [0.25, 0.3) is 0 Å². The molecule has 0 spiro atoms. The molecule has 8 heterocycles. The summed E-state index contributed by atoms with van der Waals surface area (Å²) in [6.07, 6.45) is 18.0. The number of aromatic nitrogens is 8. The van der Waals surface area contributed by atoms with Crippen molar-refractivity contribution >= 4 is 53.0 Å². The molecule has 2 atom stereocenters. The van der Waals surface area contributed by atoms with Gasteiger partial charge in [-0.3, -0.25) is 0 Å². The molecule has 0 aliphatic rings. The summed E-state index contributed by atoms with van der Waals surface area (Å²) in [5.41, 5.74) is 32.5. The Kier molecular flexibility index (Phi) is 50.0. The van der Waals surface area contributed by atoms with Gasteiger partial charge in [-0.15, -0.1) is 283 Å². The maximum atomic E-state index is 4.80. The molecule has 16 rings (SSSR count). The Morgan fingerprint density at radius 3 is 0.801 bits per heavy atom. The number of benzene rings is 8. The number of aryl methyl sites for hydroxylation is 8. The van der Waals surface area contributed by atoms with Crippen molar-refractivity contribution in [2.75, 3.05) is 0 Å². The van der Waals surface area contributed by atoms with Crippen LogP contribution in [0.4, 0.5) is 0 Å². The van der Waals surface area contributed by atoms with Crippen LogP contribution in [-0.2, 0) is 92.3 Å². The zero-order chi connectivity index (χ0) is 100.0. The Morgan fingerprint density at radius 1 is 0.284 bits per heavy atom. The summed E-state index contributed by atoms with van der Waals surface area (Å²) < 4.78 is 0. The SMILES string of the molecule is CCC(C)c1cc(-c2[c-]c(C)cc(C)c2)ncc1[Si](C)(C)C.Cc1[c-]c(-c2cc(C(C)(C)C)c([Si](C)(C)C)cn2)cc(C)c1.Cc1[c-]c(-c2cc(C(C)C(C)C)c([Si](C)(C)C)cn2)cc(C)c1.Cc1[c-]c(-c2cc(CC(C)C)c([Si](C)(C)C)cn2)cc(C)c1.[Ir].[Ir].[Ir].[Ir].[c-]1ccccc1-c1ccccn1.[c-]1ccccc1-c1ccccn1.[c-]1ccccc1-c1ccccn1.[c-]1ccccc1-c1ccccn1. The van der Waals surface area contributed by atoms with E-state index in [1.165, 1.54) is 87.5 Å². The van der Waals surface area contributed by atoms with Crippen LogP contribution in [-0.4, -0.2) is 72.2 Å². The van der Waals surface area contributed by atoms with E-state index >= 15 is 0 Å². The third kappa shape index (κ3) is 39.1. The second kappa shape index (κ2) is 57.8. The number of hydrogen-bond donors (Lipinski definition) is 0. The minimum atomic E-state index is -1.41. The standard InChI is InChI=1S/C21H30NSi.3C20H28NSi.4C11H8N.4Ir/c1-14(2)17(5)19-12-20(22-13-21(19)23(6,7)8)18-10-15(3)9-16(4)11-18;1-14-9-15(2)11-16(10-14)18-12-17(20(3,4)5)19(13-21-18)22(6,7)8;1-14(2)8-18-12-19(21-13-20(18)22(5,6)7)17-10-15(3)9-16(4)11-17;1-8-16(4)18-12-19(21-13-20(18)22(5,6)7)17-10-14(2)9-15(3)11-17;4*1-2-6-10(7-3-1)11-8-4-5-9-12-11;;;;/h9-10,12-14,17H,1-8H3;9-10,12-13H,1-8H3;9-10,12-14H,8H2,1-7H3;9-10,12-13,16H,8H2,1-7H3;4*1-6,8-9H;;;;/q8*-1;;;;. The quantitative estimate of drug-likeness (QED) is 0.0618. The molecule has 0 aliphatic carbocycles. The van der Waals surface area contributed by atoms with E-state index < -0.39 is 32.3 Å². The molecule has 2 unspecified atom stereocenters. The van der Waals surface area contributed by atoms with E-state index in [0.29, 0.717) is 23.7 Å². The molecule has 0 saturated carbocycles. The molecular weight excluding hydrogens is 2490 g/mol. The van der Waals surface area contributed by atoms with Crippen molar-refractivity contribution in [3.63, 3.8) is 0 Å². The monoisotopic (exact) mass is 2640 g/mol. The van der Waals surface area contributed by atoms with Crippen molar-refractivity contribution in [2.45, 2.75) is 233 Å². The molecule has 16 aromatic rings. The first kappa shape index (κ1) is 122. The molecule has 0 aliphatic heterocycles. The van der Waals surface area contributed by atoms with Gasteiger partial charge in [-0.05, 0) is 138 Å². The van der Waals surface area contributed by atoms with Gasteiger partial charge in [-0.2, -0.15) is 0 Å². The second-order valence-corrected chi connectivity index (χ2v) is 62.0. The molecule has 141 heavy (non-hydrogen) atoms. The van der Waals surface area contributed by atoms with Crippen molar-refractivity contribution < 1.29 is 80.4 Å². The van der Waals surface area contributed by atoms with Crippen molar-refractivity contribution in [1.82, 2.24) is 39.9 Å². The number of rotatable bonds is 18. The van der Waals surface area contributed by atoms with Gasteiger partial charge in [0.2, 0.25) is 0 Å². The number of hydrogen-bond acceptors (Lipinski definition) is 8. The zero-order valence-electron chi connectivity index (χ0n) is 88.8. The second-order valence-electron chi connectivity index (χ2n) is 41.8. The summed E-state index contributed by atoms with van der Waals surface area (Å²) in [5, 5.41) is 5.95. The molecule has 8 aromatic carbocycles. The summed E-state index contributed by atoms with van der Waals surface area (Å²) in [6, 6.07) is 108. The van der Waals surface area contributed by atoms with Crippen LogP contribution in [0.1, 0.15) is 154 Å². The molecule has 8 nitrogen and oxygen atoms in total. The van der Waals surface area contributed by atoms with Crippen molar-refractivity contribution in [2.24, 2.45) is 11.8 Å². The van der Waals surface area contributed by atoms with E-state index in [1.807, 2.05) is 170 Å². The summed E-state index contributed by atoms with van der Waals surface area (Å²) in [4.78, 5) is 36.0. The van der Waals surface area contributed by atoms with Gasteiger partial charge in [0, 0.05) is 130 Å². The van der Waals surface area contributed by atoms with Gasteiger partial charge in [0.15, 0.2) is 0 Å². The maximum absolute atomic E-state index is 4.80. The summed E-state index contributed by atoms with van der Waals surface area (Å²) in [6.45, 7) is 68.7. The molecule has 0 saturated heterocycles. The van der Waals surface area contributed by atoms with Crippen LogP contribution in [0, 0.1) is 116 Å². The first-order chi connectivity index (χ1) is 64.8. The fourth-order valence-corrected chi connectivity index (χ4v) is 22.6. The van der Waals surface area contributed by atoms with E-state index in [9.17, 15) is 0 Å². The van der Waals surface area contributed by atoms with Crippen LogP contribution < -0.4 is 20.7 Å². The molecule has 0 bridgehead atoms. The molecule has 746 valence electrons. The predicted molar refractivity (Wildman–Crippen MR) is 597 cm³/mol. The van der Waals surface area contributed by atoms with Crippen molar-refractivity contribution in [3.8, 4) is 90.1 Å². The largest absolute Gasteiger partial charge is 0.305 e. The Balaban J connectivity index is 0.000000287. The smallest absolute Gasteiger partial charge is 0.0799 e. The van der Waals surface area contributed by atoms with Crippen LogP contribution in [0.2, 0.25) is 78.6 Å². The fraction of sp³-hybridized carbons (Fsp3) is 0.296. The Labute approximate surface area is 907 Å². The van der Waals surface area contributed by atoms with E-state index in [0.717, 1.165) is 103 Å². The number of pyridine rings is 8. The topological polar surface area (TPSA) is 103 Å². The van der Waals surface area contributed by atoms with E-state index in [1.54, 1.807) is 24.8 Å². The third-order valence-corrected chi connectivity index (χ3v) is 31.5. The summed E-state index contributed by atoms with van der Waals surface area (Å²) in [5.74, 6) is 2.41. The van der Waals surface area contributed by atoms with Gasteiger partial charge in [0.1, 0.15) is 0 Å². The molecule has 0 N–H and O–H groups in total. The molecule has 0 fully saturated rings. The average Bonchev–Trinajstić information content (AvgIpc) is 1.05. The minimum Gasteiger partial charge on any atom is -0.305 e. The molecule has 4 radical (unpaired) electrons. The fourth-order valence-electron chi connectivity index (χ4n) is 16.0. The molecular formula is C125H146Ir4N8Si4-8. The van der Waals surface area contributed by atoms with Gasteiger partial charge in [-0.25, -0.2) is 0 Å². The zero-order valence-corrected chi connectivity index (χ0v) is 102. The van der Waals surface area contributed by atoms with Crippen molar-refractivity contribution in [1.29, 1.82) is 0 Å². The predicted octanol–water partition coefficient (Wildman–Crippen LogP) is 30.8. The normalized spacial score (nSPS) is 11.4.